The van der Waals surface area contributed by atoms with Gasteiger partial charge in [-0.3, -0.25) is 0 Å². The quantitative estimate of drug-likeness (QED) is 0.407. The maximum atomic E-state index is 11.7. The molecule has 1 aromatic rings. The number of allylic oxidation sites excluding steroid dienone is 2. The smallest absolute Gasteiger partial charge is 0.338 e. The molecular weight excluding hydrogens is 224 g/mol. The molecular formula is C16H22O2. The topological polar surface area (TPSA) is 26.3 Å². The second kappa shape index (κ2) is 8.51. The summed E-state index contributed by atoms with van der Waals surface area (Å²) in [5, 5.41) is 0. The van der Waals surface area contributed by atoms with Gasteiger partial charge in [-0.15, -0.1) is 0 Å². The van der Waals surface area contributed by atoms with Crippen molar-refractivity contribution in [2.75, 3.05) is 6.61 Å². The largest absolute Gasteiger partial charge is 0.462 e. The van der Waals surface area contributed by atoms with Gasteiger partial charge in [-0.1, -0.05) is 43.2 Å². The number of esters is 1. The average Bonchev–Trinajstić information content (AvgIpc) is 2.38. The molecule has 0 aliphatic carbocycles. The van der Waals surface area contributed by atoms with E-state index in [2.05, 4.69) is 19.1 Å². The third kappa shape index (κ3) is 5.67. The molecule has 0 unspecified atom stereocenters. The van der Waals surface area contributed by atoms with Crippen LogP contribution < -0.4 is 0 Å². The van der Waals surface area contributed by atoms with Crippen LogP contribution in [0.15, 0.2) is 36.4 Å². The van der Waals surface area contributed by atoms with Crippen LogP contribution in [0.5, 0.6) is 0 Å². The van der Waals surface area contributed by atoms with Crippen LogP contribution in [-0.4, -0.2) is 12.6 Å². The number of aryl methyl sites for hydroxylation is 1. The van der Waals surface area contributed by atoms with E-state index in [1.165, 1.54) is 6.42 Å². The van der Waals surface area contributed by atoms with Crippen LogP contribution >= 0.6 is 0 Å². The molecule has 0 heterocycles. The lowest BCUT2D eigenvalue weighted by molar-refractivity contribution is 0.0501. The predicted octanol–water partition coefficient (Wildman–Crippen LogP) is 4.29. The zero-order valence-corrected chi connectivity index (χ0v) is 11.3. The minimum atomic E-state index is -0.229. The molecule has 98 valence electrons. The zero-order valence-electron chi connectivity index (χ0n) is 11.3. The van der Waals surface area contributed by atoms with Crippen LogP contribution in [0.4, 0.5) is 0 Å². The average molecular weight is 246 g/mol. The minimum absolute atomic E-state index is 0.229. The molecule has 0 N–H and O–H groups in total. The molecule has 1 rings (SSSR count). The Morgan fingerprint density at radius 3 is 2.50 bits per heavy atom. The van der Waals surface area contributed by atoms with Gasteiger partial charge in [0.1, 0.15) is 0 Å². The summed E-state index contributed by atoms with van der Waals surface area (Å²) in [6.45, 7) is 4.65. The van der Waals surface area contributed by atoms with E-state index in [1.807, 2.05) is 19.1 Å². The molecule has 0 bridgehead atoms. The van der Waals surface area contributed by atoms with Gasteiger partial charge in [0.25, 0.3) is 0 Å². The Kier molecular flexibility index (Phi) is 6.85. The van der Waals surface area contributed by atoms with E-state index in [0.29, 0.717) is 12.2 Å². The Bertz CT molecular complexity index is 377. The fourth-order valence-electron chi connectivity index (χ4n) is 1.54. The lowest BCUT2D eigenvalue weighted by atomic mass is 10.1. The second-order valence-corrected chi connectivity index (χ2v) is 4.40. The number of hydrogen-bond acceptors (Lipinski definition) is 2. The van der Waals surface area contributed by atoms with Crippen molar-refractivity contribution >= 4 is 5.97 Å². The van der Waals surface area contributed by atoms with Crippen molar-refractivity contribution in [2.45, 2.75) is 39.5 Å². The van der Waals surface area contributed by atoms with E-state index in [-0.39, 0.29) is 5.97 Å². The van der Waals surface area contributed by atoms with Gasteiger partial charge in [-0.2, -0.15) is 0 Å². The second-order valence-electron chi connectivity index (χ2n) is 4.40. The SMILES string of the molecule is CCC/C=C/CCCOC(=O)c1ccc(C)cc1. The molecule has 0 amide bonds. The summed E-state index contributed by atoms with van der Waals surface area (Å²) in [7, 11) is 0. The van der Waals surface area contributed by atoms with E-state index >= 15 is 0 Å². The first kappa shape index (κ1) is 14.5. The standard InChI is InChI=1S/C16H22O2/c1-3-4-5-6-7-8-13-18-16(17)15-11-9-14(2)10-12-15/h5-6,9-12H,3-4,7-8,13H2,1-2H3/b6-5+. The fraction of sp³-hybridized carbons (Fsp3) is 0.438. The molecule has 0 aliphatic rings. The number of hydrogen-bond donors (Lipinski definition) is 0. The molecule has 0 spiro atoms. The predicted molar refractivity (Wildman–Crippen MR) is 74.7 cm³/mol. The molecule has 2 nitrogen and oxygen atoms in total. The van der Waals surface area contributed by atoms with Gasteiger partial charge in [0.15, 0.2) is 0 Å². The first-order chi connectivity index (χ1) is 8.74. The van der Waals surface area contributed by atoms with E-state index < -0.39 is 0 Å². The summed E-state index contributed by atoms with van der Waals surface area (Å²) in [6.07, 6.45) is 8.51. The molecule has 0 atom stereocenters. The van der Waals surface area contributed by atoms with Gasteiger partial charge in [-0.25, -0.2) is 4.79 Å². The van der Waals surface area contributed by atoms with Crippen molar-refractivity contribution in [3.05, 3.63) is 47.5 Å². The van der Waals surface area contributed by atoms with Crippen molar-refractivity contribution in [1.29, 1.82) is 0 Å². The van der Waals surface area contributed by atoms with Crippen molar-refractivity contribution < 1.29 is 9.53 Å². The molecule has 0 radical (unpaired) electrons. The first-order valence-corrected chi connectivity index (χ1v) is 6.63. The number of benzene rings is 1. The Labute approximate surface area is 110 Å². The van der Waals surface area contributed by atoms with E-state index in [0.717, 1.165) is 24.8 Å². The highest BCUT2D eigenvalue weighted by atomic mass is 16.5. The number of ether oxygens (including phenoxy) is 1. The lowest BCUT2D eigenvalue weighted by Crippen LogP contribution is -2.06. The summed E-state index contributed by atoms with van der Waals surface area (Å²) in [4.78, 5) is 11.7. The first-order valence-electron chi connectivity index (χ1n) is 6.63. The van der Waals surface area contributed by atoms with Gasteiger partial charge < -0.3 is 4.74 Å². The fourth-order valence-corrected chi connectivity index (χ4v) is 1.54. The van der Waals surface area contributed by atoms with Crippen molar-refractivity contribution in [3.63, 3.8) is 0 Å². The molecule has 18 heavy (non-hydrogen) atoms. The van der Waals surface area contributed by atoms with E-state index in [4.69, 9.17) is 4.74 Å². The van der Waals surface area contributed by atoms with E-state index in [1.54, 1.807) is 12.1 Å². The Morgan fingerprint density at radius 1 is 1.17 bits per heavy atom. The molecule has 0 aromatic heterocycles. The summed E-state index contributed by atoms with van der Waals surface area (Å²) >= 11 is 0. The highest BCUT2D eigenvalue weighted by molar-refractivity contribution is 5.89. The lowest BCUT2D eigenvalue weighted by Gasteiger charge is -2.03. The number of carbonyl (C=O) groups excluding carboxylic acids is 1. The highest BCUT2D eigenvalue weighted by Crippen LogP contribution is 2.05. The molecule has 1 aromatic carbocycles. The highest BCUT2D eigenvalue weighted by Gasteiger charge is 2.05. The monoisotopic (exact) mass is 246 g/mol. The van der Waals surface area contributed by atoms with Gasteiger partial charge in [0, 0.05) is 0 Å². The number of rotatable bonds is 7. The maximum Gasteiger partial charge on any atom is 0.338 e. The van der Waals surface area contributed by atoms with E-state index in [9.17, 15) is 4.79 Å². The van der Waals surface area contributed by atoms with Gasteiger partial charge >= 0.3 is 5.97 Å². The molecule has 0 aliphatic heterocycles. The Balaban J connectivity index is 2.19. The Morgan fingerprint density at radius 2 is 1.83 bits per heavy atom. The number of unbranched alkanes of at least 4 members (excludes halogenated alkanes) is 2. The zero-order chi connectivity index (χ0) is 13.2. The van der Waals surface area contributed by atoms with Crippen LogP contribution in [-0.2, 0) is 4.74 Å². The van der Waals surface area contributed by atoms with Crippen molar-refractivity contribution in [1.82, 2.24) is 0 Å². The molecule has 0 saturated heterocycles. The third-order valence-electron chi connectivity index (χ3n) is 2.66. The molecule has 2 heteroatoms. The minimum Gasteiger partial charge on any atom is -0.462 e. The van der Waals surface area contributed by atoms with Crippen LogP contribution in [0.1, 0.15) is 48.5 Å². The Hall–Kier alpha value is -1.57. The third-order valence-corrected chi connectivity index (χ3v) is 2.66. The van der Waals surface area contributed by atoms with Crippen molar-refractivity contribution in [3.8, 4) is 0 Å². The summed E-state index contributed by atoms with van der Waals surface area (Å²) in [6, 6.07) is 7.45. The van der Waals surface area contributed by atoms with Crippen LogP contribution in [0, 0.1) is 6.92 Å². The normalized spacial score (nSPS) is 10.8. The van der Waals surface area contributed by atoms with Gasteiger partial charge in [0.2, 0.25) is 0 Å². The summed E-state index contributed by atoms with van der Waals surface area (Å²) < 4.78 is 5.20. The summed E-state index contributed by atoms with van der Waals surface area (Å²) in [5.74, 6) is -0.229. The van der Waals surface area contributed by atoms with Crippen LogP contribution in [0.2, 0.25) is 0 Å². The van der Waals surface area contributed by atoms with Crippen LogP contribution in [0.25, 0.3) is 0 Å². The molecule has 0 fully saturated rings. The van der Waals surface area contributed by atoms with Crippen molar-refractivity contribution in [2.24, 2.45) is 0 Å². The maximum absolute atomic E-state index is 11.7. The summed E-state index contributed by atoms with van der Waals surface area (Å²) in [5.41, 5.74) is 1.77. The van der Waals surface area contributed by atoms with Gasteiger partial charge in [0.05, 0.1) is 12.2 Å². The van der Waals surface area contributed by atoms with Crippen LogP contribution in [0.3, 0.4) is 0 Å². The number of carbonyl (C=O) groups is 1. The van der Waals surface area contributed by atoms with Gasteiger partial charge in [-0.05, 0) is 38.3 Å². The molecule has 0 saturated carbocycles.